The predicted molar refractivity (Wildman–Crippen MR) is 83.1 cm³/mol. The molecule has 1 aliphatic rings. The van der Waals surface area contributed by atoms with Crippen molar-refractivity contribution in [2.45, 2.75) is 24.0 Å². The van der Waals surface area contributed by atoms with Crippen molar-refractivity contribution in [3.63, 3.8) is 0 Å². The number of fused-ring (bicyclic) bond motifs is 1. The first-order valence-electron chi connectivity index (χ1n) is 6.14. The molecule has 1 aromatic heterocycles. The highest BCUT2D eigenvalue weighted by Gasteiger charge is 2.28. The largest absolute Gasteiger partial charge is 0.284 e. The molecule has 1 aromatic carbocycles. The van der Waals surface area contributed by atoms with Crippen LogP contribution in [-0.2, 0) is 0 Å². The third-order valence-electron chi connectivity index (χ3n) is 3.05. The van der Waals surface area contributed by atoms with Crippen molar-refractivity contribution >= 4 is 38.6 Å². The summed E-state index contributed by atoms with van der Waals surface area (Å²) in [6, 6.07) is 7.86. The first kappa shape index (κ1) is 12.9. The number of rotatable bonds is 4. The molecule has 0 radical (unpaired) electrons. The molecule has 0 N–H and O–H groups in total. The van der Waals surface area contributed by atoms with Gasteiger partial charge in [0, 0.05) is 11.8 Å². The summed E-state index contributed by atoms with van der Waals surface area (Å²) in [6.45, 7) is 3.83. The van der Waals surface area contributed by atoms with Crippen LogP contribution in [0.4, 0.5) is 0 Å². The van der Waals surface area contributed by atoms with Crippen LogP contribution in [0.15, 0.2) is 45.3 Å². The summed E-state index contributed by atoms with van der Waals surface area (Å²) in [4.78, 5) is 17.2. The van der Waals surface area contributed by atoms with Crippen molar-refractivity contribution in [3.05, 3.63) is 45.7 Å². The first-order chi connectivity index (χ1) is 9.16. The highest BCUT2D eigenvalue weighted by molar-refractivity contribution is 9.11. The Balaban J connectivity index is 2.15. The molecule has 1 aliphatic carbocycles. The molecule has 1 heterocycles. The molecule has 19 heavy (non-hydrogen) atoms. The second kappa shape index (κ2) is 5.13. The van der Waals surface area contributed by atoms with Crippen LogP contribution >= 0.6 is 27.7 Å². The summed E-state index contributed by atoms with van der Waals surface area (Å²) in [5, 5.41) is 1.50. The van der Waals surface area contributed by atoms with Crippen LogP contribution in [-0.4, -0.2) is 15.3 Å². The summed E-state index contributed by atoms with van der Waals surface area (Å²) in [7, 11) is 0. The van der Waals surface area contributed by atoms with Gasteiger partial charge in [-0.1, -0.05) is 46.4 Å². The lowest BCUT2D eigenvalue weighted by molar-refractivity contribution is 0.618. The van der Waals surface area contributed by atoms with E-state index in [4.69, 9.17) is 0 Å². The number of aromatic nitrogens is 2. The van der Waals surface area contributed by atoms with Gasteiger partial charge in [-0.25, -0.2) is 4.98 Å². The maximum atomic E-state index is 12.6. The minimum absolute atomic E-state index is 0.0794. The fourth-order valence-electron chi connectivity index (χ4n) is 2.02. The number of para-hydroxylation sites is 1. The summed E-state index contributed by atoms with van der Waals surface area (Å²) in [5.74, 6) is 0.720. The molecule has 1 saturated carbocycles. The Labute approximate surface area is 123 Å². The average Bonchev–Trinajstić information content (AvgIpc) is 3.21. The van der Waals surface area contributed by atoms with Gasteiger partial charge in [0.25, 0.3) is 5.56 Å². The van der Waals surface area contributed by atoms with Gasteiger partial charge < -0.3 is 0 Å². The second-order valence-electron chi connectivity index (χ2n) is 4.62. The van der Waals surface area contributed by atoms with Crippen molar-refractivity contribution in [1.82, 2.24) is 9.55 Å². The monoisotopic (exact) mass is 336 g/mol. The lowest BCUT2D eigenvalue weighted by atomic mass is 10.2. The predicted octanol–water partition coefficient (Wildman–Crippen LogP) is 3.73. The van der Waals surface area contributed by atoms with E-state index in [-0.39, 0.29) is 5.56 Å². The quantitative estimate of drug-likeness (QED) is 0.630. The molecule has 0 unspecified atom stereocenters. The maximum Gasteiger partial charge on any atom is 0.262 e. The summed E-state index contributed by atoms with van der Waals surface area (Å²) in [6.07, 6.45) is 2.14. The van der Waals surface area contributed by atoms with Gasteiger partial charge in [-0.15, -0.1) is 0 Å². The van der Waals surface area contributed by atoms with E-state index in [1.165, 1.54) is 0 Å². The van der Waals surface area contributed by atoms with Gasteiger partial charge in [0.15, 0.2) is 5.16 Å². The minimum atomic E-state index is 0.0794. The Bertz CT molecular complexity index is 706. The zero-order valence-electron chi connectivity index (χ0n) is 10.3. The molecule has 0 spiro atoms. The number of nitrogens with zero attached hydrogens (tertiary/aromatic N) is 2. The van der Waals surface area contributed by atoms with Gasteiger partial charge in [0.2, 0.25) is 0 Å². The fourth-order valence-corrected chi connectivity index (χ4v) is 3.19. The van der Waals surface area contributed by atoms with Gasteiger partial charge in [-0.3, -0.25) is 9.36 Å². The summed E-state index contributed by atoms with van der Waals surface area (Å²) in [5.41, 5.74) is 0.850. The fraction of sp³-hybridized carbons (Fsp3) is 0.286. The number of hydrogen-bond donors (Lipinski definition) is 0. The normalized spacial score (nSPS) is 14.8. The Hall–Kier alpha value is -1.07. The molecule has 1 fully saturated rings. The highest BCUT2D eigenvalue weighted by Crippen LogP contribution is 2.37. The van der Waals surface area contributed by atoms with Crippen LogP contribution in [0.2, 0.25) is 0 Å². The molecular formula is C14H13BrN2OS. The van der Waals surface area contributed by atoms with Crippen LogP contribution in [0.5, 0.6) is 0 Å². The minimum Gasteiger partial charge on any atom is -0.284 e. The SMILES string of the molecule is C=C(Br)CSc1nc2ccccc2c(=O)n1C1CC1. The molecule has 5 heteroatoms. The first-order valence-corrected chi connectivity index (χ1v) is 7.92. The Morgan fingerprint density at radius 2 is 2.21 bits per heavy atom. The van der Waals surface area contributed by atoms with Crippen molar-refractivity contribution in [3.8, 4) is 0 Å². The molecule has 0 atom stereocenters. The third kappa shape index (κ3) is 2.62. The van der Waals surface area contributed by atoms with E-state index < -0.39 is 0 Å². The number of halogens is 1. The van der Waals surface area contributed by atoms with Crippen molar-refractivity contribution in [2.24, 2.45) is 0 Å². The number of thioether (sulfide) groups is 1. The maximum absolute atomic E-state index is 12.6. The Morgan fingerprint density at radius 1 is 1.47 bits per heavy atom. The van der Waals surface area contributed by atoms with Crippen molar-refractivity contribution < 1.29 is 0 Å². The molecule has 0 aliphatic heterocycles. The van der Waals surface area contributed by atoms with Crippen molar-refractivity contribution in [2.75, 3.05) is 5.75 Å². The molecule has 3 rings (SSSR count). The van der Waals surface area contributed by atoms with E-state index in [1.54, 1.807) is 11.8 Å². The van der Waals surface area contributed by atoms with Gasteiger partial charge in [-0.2, -0.15) is 0 Å². The molecule has 0 saturated heterocycles. The van der Waals surface area contributed by atoms with Crippen LogP contribution < -0.4 is 5.56 Å². The van der Waals surface area contributed by atoms with Gasteiger partial charge in [-0.05, 0) is 29.5 Å². The van der Waals surface area contributed by atoms with E-state index in [0.717, 1.165) is 33.8 Å². The van der Waals surface area contributed by atoms with E-state index in [2.05, 4.69) is 27.5 Å². The average molecular weight is 337 g/mol. The van der Waals surface area contributed by atoms with E-state index >= 15 is 0 Å². The lowest BCUT2D eigenvalue weighted by Gasteiger charge is -2.11. The molecule has 0 amide bonds. The summed E-state index contributed by atoms with van der Waals surface area (Å²) >= 11 is 4.90. The van der Waals surface area contributed by atoms with E-state index in [9.17, 15) is 4.79 Å². The van der Waals surface area contributed by atoms with Crippen LogP contribution in [0.1, 0.15) is 18.9 Å². The van der Waals surface area contributed by atoms with Crippen LogP contribution in [0, 0.1) is 0 Å². The summed E-state index contributed by atoms with van der Waals surface area (Å²) < 4.78 is 2.76. The molecule has 3 nitrogen and oxygen atoms in total. The van der Waals surface area contributed by atoms with E-state index in [1.807, 2.05) is 28.8 Å². The molecule has 98 valence electrons. The van der Waals surface area contributed by atoms with Crippen LogP contribution in [0.25, 0.3) is 10.9 Å². The van der Waals surface area contributed by atoms with Gasteiger partial charge in [0.1, 0.15) is 0 Å². The zero-order chi connectivity index (χ0) is 13.4. The van der Waals surface area contributed by atoms with Crippen molar-refractivity contribution in [1.29, 1.82) is 0 Å². The van der Waals surface area contributed by atoms with Gasteiger partial charge in [0.05, 0.1) is 10.9 Å². The number of benzene rings is 1. The molecular weight excluding hydrogens is 324 g/mol. The number of hydrogen-bond acceptors (Lipinski definition) is 3. The van der Waals surface area contributed by atoms with E-state index in [0.29, 0.717) is 11.4 Å². The van der Waals surface area contributed by atoms with Crippen LogP contribution in [0.3, 0.4) is 0 Å². The molecule has 0 bridgehead atoms. The van der Waals surface area contributed by atoms with Gasteiger partial charge >= 0.3 is 0 Å². The second-order valence-corrected chi connectivity index (χ2v) is 6.69. The topological polar surface area (TPSA) is 34.9 Å². The standard InChI is InChI=1S/C14H13BrN2OS/c1-9(15)8-19-14-16-12-5-3-2-4-11(12)13(18)17(14)10-6-7-10/h2-5,10H,1,6-8H2. The highest BCUT2D eigenvalue weighted by atomic mass is 79.9. The smallest absolute Gasteiger partial charge is 0.262 e. The lowest BCUT2D eigenvalue weighted by Crippen LogP contribution is -2.22. The molecule has 2 aromatic rings. The zero-order valence-corrected chi connectivity index (χ0v) is 12.7. The third-order valence-corrected chi connectivity index (χ3v) is 4.74. The Kier molecular flexibility index (Phi) is 3.50. The Morgan fingerprint density at radius 3 is 2.89 bits per heavy atom.